The van der Waals surface area contributed by atoms with E-state index < -0.39 is 0 Å². The van der Waals surface area contributed by atoms with Crippen molar-refractivity contribution in [1.29, 1.82) is 0 Å². The van der Waals surface area contributed by atoms with E-state index >= 15 is 0 Å². The Bertz CT molecular complexity index is 1000. The van der Waals surface area contributed by atoms with Gasteiger partial charge < -0.3 is 19.9 Å². The summed E-state index contributed by atoms with van der Waals surface area (Å²) in [4.78, 5) is 28.8. The lowest BCUT2D eigenvalue weighted by Gasteiger charge is -2.36. The van der Waals surface area contributed by atoms with Crippen molar-refractivity contribution in [3.05, 3.63) is 45.8 Å². The second-order valence-electron chi connectivity index (χ2n) is 8.64. The molecule has 0 bridgehead atoms. The van der Waals surface area contributed by atoms with Crippen LogP contribution in [-0.2, 0) is 9.53 Å². The van der Waals surface area contributed by atoms with Crippen LogP contribution in [0.15, 0.2) is 35.3 Å². The zero-order valence-corrected chi connectivity index (χ0v) is 19.3. The second kappa shape index (κ2) is 9.92. The lowest BCUT2D eigenvalue weighted by Crippen LogP contribution is -2.45. The molecule has 1 N–H and O–H groups in total. The van der Waals surface area contributed by atoms with Crippen LogP contribution in [0.2, 0.25) is 5.02 Å². The van der Waals surface area contributed by atoms with Crippen LogP contribution < -0.4 is 15.8 Å². The summed E-state index contributed by atoms with van der Waals surface area (Å²) < 4.78 is 6.81. The number of hydrogen-bond acceptors (Lipinski definition) is 6. The number of nitrogens with zero attached hydrogens (tertiary/aromatic N) is 4. The van der Waals surface area contributed by atoms with Gasteiger partial charge in [-0.15, -0.1) is 0 Å². The fourth-order valence-electron chi connectivity index (χ4n) is 4.26. The number of rotatable bonds is 6. The van der Waals surface area contributed by atoms with E-state index in [0.717, 1.165) is 44.7 Å². The van der Waals surface area contributed by atoms with Crippen molar-refractivity contribution in [1.82, 2.24) is 14.7 Å². The van der Waals surface area contributed by atoms with Crippen LogP contribution in [-0.4, -0.2) is 67.0 Å². The molecule has 0 spiro atoms. The van der Waals surface area contributed by atoms with Crippen molar-refractivity contribution in [2.24, 2.45) is 5.92 Å². The predicted molar refractivity (Wildman–Crippen MR) is 126 cm³/mol. The van der Waals surface area contributed by atoms with Crippen molar-refractivity contribution in [2.75, 3.05) is 50.6 Å². The van der Waals surface area contributed by atoms with Crippen LogP contribution in [0.5, 0.6) is 0 Å². The number of piperidine rings is 1. The molecule has 1 aromatic heterocycles. The molecule has 2 atom stereocenters. The number of nitrogens with one attached hydrogen (secondary N) is 1. The molecule has 0 aliphatic carbocycles. The van der Waals surface area contributed by atoms with Gasteiger partial charge in [-0.25, -0.2) is 0 Å². The monoisotopic (exact) mass is 459 g/mol. The largest absolute Gasteiger partial charge is 0.382 e. The first kappa shape index (κ1) is 22.6. The van der Waals surface area contributed by atoms with Crippen LogP contribution in [0, 0.1) is 5.92 Å². The van der Waals surface area contributed by atoms with Gasteiger partial charge in [-0.2, -0.15) is 9.78 Å². The molecule has 2 aliphatic heterocycles. The zero-order valence-electron chi connectivity index (χ0n) is 18.6. The number of carbonyl (C=O) groups excluding carboxylic acids is 1. The summed E-state index contributed by atoms with van der Waals surface area (Å²) in [5, 5.41) is 7.69. The fourth-order valence-corrected chi connectivity index (χ4v) is 4.46. The molecule has 1 amide bonds. The molecule has 2 fully saturated rings. The van der Waals surface area contributed by atoms with Crippen LogP contribution in [0.25, 0.3) is 5.69 Å². The van der Waals surface area contributed by atoms with Crippen LogP contribution in [0.4, 0.5) is 11.4 Å². The molecular formula is C23H30ClN5O3. The highest BCUT2D eigenvalue weighted by Gasteiger charge is 2.26. The third-order valence-corrected chi connectivity index (χ3v) is 6.80. The number of carbonyl (C=O) groups is 1. The summed E-state index contributed by atoms with van der Waals surface area (Å²) in [6, 6.07) is 7.74. The van der Waals surface area contributed by atoms with Crippen molar-refractivity contribution in [2.45, 2.75) is 31.7 Å². The molecule has 2 saturated heterocycles. The van der Waals surface area contributed by atoms with Gasteiger partial charge in [-0.3, -0.25) is 9.59 Å². The van der Waals surface area contributed by atoms with Gasteiger partial charge in [0.2, 0.25) is 5.91 Å². The Balaban J connectivity index is 1.44. The third kappa shape index (κ3) is 4.91. The molecular weight excluding hydrogens is 430 g/mol. The number of halogens is 1. The maximum atomic E-state index is 12.8. The van der Waals surface area contributed by atoms with E-state index in [1.165, 1.54) is 4.68 Å². The van der Waals surface area contributed by atoms with E-state index in [-0.39, 0.29) is 22.5 Å². The topological polar surface area (TPSA) is 79.7 Å². The Hall–Kier alpha value is -2.58. The molecule has 9 heteroatoms. The molecule has 3 heterocycles. The SMILES string of the molecule is CN1CCC(N(C)c2ccc(-n3ncc(NC[C@H]4CCCOC4)c(Cl)c3=O)cc2)CC1=O. The standard InChI is InChI=1S/C23H30ClN5O3/c1-27-10-9-19(12-21(27)30)28(2)17-5-7-18(8-6-17)29-23(31)22(24)20(14-26-29)25-13-16-4-3-11-32-15-16/h5-8,14,16,19,25H,3-4,9-13,15H2,1-2H3/t16-,19?/m1/s1. The molecule has 1 unspecified atom stereocenters. The zero-order chi connectivity index (χ0) is 22.7. The summed E-state index contributed by atoms with van der Waals surface area (Å²) in [6.07, 6.45) is 5.18. The molecule has 2 aromatic rings. The molecule has 4 rings (SSSR count). The molecule has 0 saturated carbocycles. The van der Waals surface area contributed by atoms with Gasteiger partial charge in [0, 0.05) is 51.9 Å². The second-order valence-corrected chi connectivity index (χ2v) is 9.02. The quantitative estimate of drug-likeness (QED) is 0.715. The molecule has 8 nitrogen and oxygen atoms in total. The number of aromatic nitrogens is 2. The third-order valence-electron chi connectivity index (χ3n) is 6.44. The van der Waals surface area contributed by atoms with Gasteiger partial charge >= 0.3 is 0 Å². The van der Waals surface area contributed by atoms with Gasteiger partial charge in [-0.1, -0.05) is 11.6 Å². The number of benzene rings is 1. The van der Waals surface area contributed by atoms with Crippen LogP contribution in [0.3, 0.4) is 0 Å². The number of amides is 1. The maximum absolute atomic E-state index is 12.8. The first-order valence-electron chi connectivity index (χ1n) is 11.1. The van der Waals surface area contributed by atoms with E-state index in [2.05, 4.69) is 15.3 Å². The molecule has 32 heavy (non-hydrogen) atoms. The fraction of sp³-hybridized carbons (Fsp3) is 0.522. The van der Waals surface area contributed by atoms with E-state index in [1.54, 1.807) is 11.1 Å². The molecule has 0 radical (unpaired) electrons. The summed E-state index contributed by atoms with van der Waals surface area (Å²) in [5.74, 6) is 0.575. The van der Waals surface area contributed by atoms with E-state index in [0.29, 0.717) is 30.3 Å². The maximum Gasteiger partial charge on any atom is 0.292 e. The van der Waals surface area contributed by atoms with E-state index in [4.69, 9.17) is 16.3 Å². The average Bonchev–Trinajstić information content (AvgIpc) is 2.82. The highest BCUT2D eigenvalue weighted by Crippen LogP contribution is 2.24. The van der Waals surface area contributed by atoms with Gasteiger partial charge in [0.15, 0.2) is 0 Å². The number of anilines is 2. The van der Waals surface area contributed by atoms with Crippen LogP contribution >= 0.6 is 11.6 Å². The molecule has 172 valence electrons. The lowest BCUT2D eigenvalue weighted by atomic mass is 10.0. The number of ether oxygens (including phenoxy) is 1. The Morgan fingerprint density at radius 3 is 2.72 bits per heavy atom. The number of hydrogen-bond donors (Lipinski definition) is 1. The Morgan fingerprint density at radius 2 is 2.03 bits per heavy atom. The average molecular weight is 460 g/mol. The summed E-state index contributed by atoms with van der Waals surface area (Å²) in [6.45, 7) is 3.00. The van der Waals surface area contributed by atoms with E-state index in [1.807, 2.05) is 38.4 Å². The van der Waals surface area contributed by atoms with Crippen molar-refractivity contribution in [3.63, 3.8) is 0 Å². The summed E-state index contributed by atoms with van der Waals surface area (Å²) in [5.41, 5.74) is 1.81. The van der Waals surface area contributed by atoms with Gasteiger partial charge in [0.25, 0.3) is 5.56 Å². The lowest BCUT2D eigenvalue weighted by molar-refractivity contribution is -0.132. The van der Waals surface area contributed by atoms with Gasteiger partial charge in [-0.05, 0) is 49.4 Å². The minimum atomic E-state index is -0.362. The van der Waals surface area contributed by atoms with Crippen LogP contribution in [0.1, 0.15) is 25.7 Å². The Kier molecular flexibility index (Phi) is 7.01. The van der Waals surface area contributed by atoms with E-state index in [9.17, 15) is 9.59 Å². The van der Waals surface area contributed by atoms with Gasteiger partial charge in [0.05, 0.1) is 24.2 Å². The smallest absolute Gasteiger partial charge is 0.292 e. The summed E-state index contributed by atoms with van der Waals surface area (Å²) in [7, 11) is 3.84. The highest BCUT2D eigenvalue weighted by atomic mass is 35.5. The summed E-state index contributed by atoms with van der Waals surface area (Å²) >= 11 is 6.36. The van der Waals surface area contributed by atoms with Crippen molar-refractivity contribution < 1.29 is 9.53 Å². The predicted octanol–water partition coefficient (Wildman–Crippen LogP) is 2.78. The Labute approximate surface area is 193 Å². The molecule has 2 aliphatic rings. The van der Waals surface area contributed by atoms with Crippen molar-refractivity contribution in [3.8, 4) is 5.69 Å². The highest BCUT2D eigenvalue weighted by molar-refractivity contribution is 6.32. The first-order valence-corrected chi connectivity index (χ1v) is 11.5. The van der Waals surface area contributed by atoms with Crippen molar-refractivity contribution >= 4 is 28.9 Å². The normalized spacial score (nSPS) is 21.5. The Morgan fingerprint density at radius 1 is 1.25 bits per heavy atom. The minimum Gasteiger partial charge on any atom is -0.382 e. The number of likely N-dealkylation sites (tertiary alicyclic amines) is 1. The molecule has 1 aromatic carbocycles. The van der Waals surface area contributed by atoms with Gasteiger partial charge in [0.1, 0.15) is 5.02 Å². The first-order chi connectivity index (χ1) is 15.4. The minimum absolute atomic E-state index is 0.128.